The molecule has 1 aromatic carbocycles. The van der Waals surface area contributed by atoms with E-state index in [1.165, 1.54) is 5.56 Å². The first kappa shape index (κ1) is 12.7. The molecule has 0 saturated carbocycles. The Morgan fingerprint density at radius 2 is 2.11 bits per heavy atom. The molecule has 0 radical (unpaired) electrons. The van der Waals surface area contributed by atoms with Gasteiger partial charge in [0, 0.05) is 6.04 Å². The van der Waals surface area contributed by atoms with Gasteiger partial charge in [0.2, 0.25) is 0 Å². The van der Waals surface area contributed by atoms with Crippen molar-refractivity contribution >= 4 is 11.1 Å². The highest BCUT2D eigenvalue weighted by Gasteiger charge is 2.29. The number of hydrogen-bond acceptors (Lipinski definition) is 3. The molecule has 3 nitrogen and oxygen atoms in total. The number of oxazole rings is 1. The highest BCUT2D eigenvalue weighted by atomic mass is 16.3. The van der Waals surface area contributed by atoms with E-state index in [1.54, 1.807) is 0 Å². The van der Waals surface area contributed by atoms with Crippen LogP contribution in [-0.4, -0.2) is 17.6 Å². The minimum atomic E-state index is 0.148. The van der Waals surface area contributed by atoms with Crippen molar-refractivity contribution in [2.24, 2.45) is 0 Å². The first-order chi connectivity index (χ1) is 8.95. The predicted octanol–water partition coefficient (Wildman–Crippen LogP) is 3.59. The molecule has 2 heterocycles. The number of rotatable bonds is 1. The summed E-state index contributed by atoms with van der Waals surface area (Å²) in [6.07, 6.45) is 1.11. The van der Waals surface area contributed by atoms with Crippen LogP contribution in [0.25, 0.3) is 11.1 Å². The summed E-state index contributed by atoms with van der Waals surface area (Å²) in [4.78, 5) is 4.71. The monoisotopic (exact) mass is 258 g/mol. The minimum absolute atomic E-state index is 0.148. The summed E-state index contributed by atoms with van der Waals surface area (Å²) in [5.41, 5.74) is 3.34. The van der Waals surface area contributed by atoms with Crippen LogP contribution in [-0.2, 0) is 5.41 Å². The van der Waals surface area contributed by atoms with E-state index in [2.05, 4.69) is 51.2 Å². The fraction of sp³-hybridized carbons (Fsp3) is 0.562. The van der Waals surface area contributed by atoms with E-state index in [-0.39, 0.29) is 5.41 Å². The molecule has 3 heteroatoms. The van der Waals surface area contributed by atoms with E-state index in [4.69, 9.17) is 9.40 Å². The van der Waals surface area contributed by atoms with Crippen LogP contribution in [0.5, 0.6) is 0 Å². The number of hydrogen-bond donors (Lipinski definition) is 1. The quantitative estimate of drug-likeness (QED) is 0.849. The molecule has 19 heavy (non-hydrogen) atoms. The fourth-order valence-corrected chi connectivity index (χ4v) is 2.77. The van der Waals surface area contributed by atoms with E-state index in [1.807, 2.05) is 0 Å². The first-order valence-corrected chi connectivity index (χ1v) is 7.09. The van der Waals surface area contributed by atoms with Gasteiger partial charge in [-0.05, 0) is 43.0 Å². The molecule has 1 aliphatic rings. The van der Waals surface area contributed by atoms with Gasteiger partial charge in [0.1, 0.15) is 5.52 Å². The maximum absolute atomic E-state index is 5.94. The fourth-order valence-electron chi connectivity index (χ4n) is 2.77. The molecule has 0 bridgehead atoms. The van der Waals surface area contributed by atoms with Crippen LogP contribution in [0.15, 0.2) is 22.6 Å². The molecule has 1 aliphatic heterocycles. The van der Waals surface area contributed by atoms with Gasteiger partial charge in [-0.3, -0.25) is 0 Å². The van der Waals surface area contributed by atoms with Gasteiger partial charge in [0.25, 0.3) is 0 Å². The Labute approximate surface area is 114 Å². The molecule has 2 aromatic rings. The van der Waals surface area contributed by atoms with Crippen molar-refractivity contribution < 1.29 is 4.42 Å². The van der Waals surface area contributed by atoms with Gasteiger partial charge in [0.05, 0.1) is 5.92 Å². The Hall–Kier alpha value is -1.35. The Balaban J connectivity index is 2.01. The lowest BCUT2D eigenvalue weighted by Crippen LogP contribution is -2.21. The van der Waals surface area contributed by atoms with Crippen molar-refractivity contribution in [3.8, 4) is 0 Å². The molecule has 2 atom stereocenters. The van der Waals surface area contributed by atoms with Crippen molar-refractivity contribution in [2.75, 3.05) is 6.54 Å². The van der Waals surface area contributed by atoms with E-state index in [0.29, 0.717) is 12.0 Å². The number of fused-ring (bicyclic) bond motifs is 1. The zero-order chi connectivity index (χ0) is 13.6. The lowest BCUT2D eigenvalue weighted by molar-refractivity contribution is 0.447. The van der Waals surface area contributed by atoms with E-state index < -0.39 is 0 Å². The Kier molecular flexibility index (Phi) is 2.90. The molecule has 3 rings (SSSR count). The van der Waals surface area contributed by atoms with Crippen molar-refractivity contribution in [2.45, 2.75) is 51.5 Å². The first-order valence-electron chi connectivity index (χ1n) is 7.09. The summed E-state index contributed by atoms with van der Waals surface area (Å²) >= 11 is 0. The molecule has 0 aliphatic carbocycles. The van der Waals surface area contributed by atoms with Crippen molar-refractivity contribution in [3.05, 3.63) is 29.7 Å². The molecule has 1 N–H and O–H groups in total. The second-order valence-corrected chi connectivity index (χ2v) is 6.62. The molecule has 2 unspecified atom stereocenters. The average molecular weight is 258 g/mol. The highest BCUT2D eigenvalue weighted by molar-refractivity contribution is 5.74. The normalized spacial score (nSPS) is 24.2. The van der Waals surface area contributed by atoms with E-state index in [0.717, 1.165) is 30.0 Å². The summed E-state index contributed by atoms with van der Waals surface area (Å²) in [6, 6.07) is 6.82. The zero-order valence-corrected chi connectivity index (χ0v) is 12.2. The lowest BCUT2D eigenvalue weighted by Gasteiger charge is -2.18. The van der Waals surface area contributed by atoms with Crippen molar-refractivity contribution in [1.29, 1.82) is 0 Å². The van der Waals surface area contributed by atoms with Crippen LogP contribution in [0.1, 0.15) is 51.5 Å². The molecule has 0 spiro atoms. The van der Waals surface area contributed by atoms with Crippen LogP contribution >= 0.6 is 0 Å². The maximum atomic E-state index is 5.94. The van der Waals surface area contributed by atoms with Gasteiger partial charge in [0.15, 0.2) is 11.5 Å². The van der Waals surface area contributed by atoms with Gasteiger partial charge < -0.3 is 9.73 Å². The van der Waals surface area contributed by atoms with Crippen LogP contribution in [0.3, 0.4) is 0 Å². The zero-order valence-electron chi connectivity index (χ0n) is 12.2. The molecule has 0 amide bonds. The van der Waals surface area contributed by atoms with Crippen molar-refractivity contribution in [1.82, 2.24) is 10.3 Å². The number of nitrogens with one attached hydrogen (secondary N) is 1. The summed E-state index contributed by atoms with van der Waals surface area (Å²) in [7, 11) is 0. The Morgan fingerprint density at radius 1 is 1.32 bits per heavy atom. The van der Waals surface area contributed by atoms with Crippen LogP contribution in [0, 0.1) is 0 Å². The van der Waals surface area contributed by atoms with Gasteiger partial charge in [-0.1, -0.05) is 26.8 Å². The SMILES string of the molecule is CC1NCCC1c1nc2cc(C(C)(C)C)ccc2o1. The molecule has 1 saturated heterocycles. The van der Waals surface area contributed by atoms with Crippen LogP contribution in [0.4, 0.5) is 0 Å². The van der Waals surface area contributed by atoms with Gasteiger partial charge >= 0.3 is 0 Å². The van der Waals surface area contributed by atoms with E-state index in [9.17, 15) is 0 Å². The smallest absolute Gasteiger partial charge is 0.200 e. The standard InChI is InChI=1S/C16H22N2O/c1-10-12(7-8-17-10)15-18-13-9-11(16(2,3)4)5-6-14(13)19-15/h5-6,9-10,12,17H,7-8H2,1-4H3. The number of nitrogens with zero attached hydrogens (tertiary/aromatic N) is 1. The second kappa shape index (κ2) is 4.34. The number of benzene rings is 1. The molecular weight excluding hydrogens is 236 g/mol. The second-order valence-electron chi connectivity index (χ2n) is 6.62. The maximum Gasteiger partial charge on any atom is 0.200 e. The third-order valence-electron chi connectivity index (χ3n) is 4.11. The minimum Gasteiger partial charge on any atom is -0.440 e. The van der Waals surface area contributed by atoms with Crippen molar-refractivity contribution in [3.63, 3.8) is 0 Å². The predicted molar refractivity (Wildman–Crippen MR) is 77.5 cm³/mol. The lowest BCUT2D eigenvalue weighted by atomic mass is 9.87. The third kappa shape index (κ3) is 2.27. The van der Waals surface area contributed by atoms with Gasteiger partial charge in [-0.2, -0.15) is 0 Å². The summed E-state index contributed by atoms with van der Waals surface area (Å²) in [6.45, 7) is 9.92. The van der Waals surface area contributed by atoms with Crippen LogP contribution in [0.2, 0.25) is 0 Å². The summed E-state index contributed by atoms with van der Waals surface area (Å²) in [5.74, 6) is 1.30. The average Bonchev–Trinajstić information content (AvgIpc) is 2.91. The molecule has 1 fully saturated rings. The summed E-state index contributed by atoms with van der Waals surface area (Å²) < 4.78 is 5.94. The van der Waals surface area contributed by atoms with Gasteiger partial charge in [-0.15, -0.1) is 0 Å². The highest BCUT2D eigenvalue weighted by Crippen LogP contribution is 2.31. The Bertz CT molecular complexity index is 594. The topological polar surface area (TPSA) is 38.1 Å². The van der Waals surface area contributed by atoms with E-state index >= 15 is 0 Å². The Morgan fingerprint density at radius 3 is 2.74 bits per heavy atom. The largest absolute Gasteiger partial charge is 0.440 e. The molecule has 102 valence electrons. The van der Waals surface area contributed by atoms with Crippen LogP contribution < -0.4 is 5.32 Å². The molecular formula is C16H22N2O. The number of aromatic nitrogens is 1. The molecule has 1 aromatic heterocycles. The summed E-state index contributed by atoms with van der Waals surface area (Å²) in [5, 5.41) is 3.45. The third-order valence-corrected chi connectivity index (χ3v) is 4.11. The van der Waals surface area contributed by atoms with Gasteiger partial charge in [-0.25, -0.2) is 4.98 Å².